The number of nitrogens with two attached hydrogens (primary N) is 1. The molecule has 2 aromatic rings. The molecule has 20 heavy (non-hydrogen) atoms. The molecule has 6 nitrogen and oxygen atoms in total. The lowest BCUT2D eigenvalue weighted by molar-refractivity contribution is 0.0990. The van der Waals surface area contributed by atoms with E-state index in [4.69, 9.17) is 10.5 Å². The van der Waals surface area contributed by atoms with Crippen molar-refractivity contribution in [3.63, 3.8) is 0 Å². The van der Waals surface area contributed by atoms with Gasteiger partial charge in [-0.2, -0.15) is 0 Å². The summed E-state index contributed by atoms with van der Waals surface area (Å²) in [6.45, 7) is 4.32. The number of hydrogen-bond acceptors (Lipinski definition) is 4. The molecule has 0 radical (unpaired) electrons. The van der Waals surface area contributed by atoms with E-state index in [-0.39, 0.29) is 11.7 Å². The highest BCUT2D eigenvalue weighted by molar-refractivity contribution is 5.93. The van der Waals surface area contributed by atoms with Gasteiger partial charge in [-0.1, -0.05) is 0 Å². The summed E-state index contributed by atoms with van der Waals surface area (Å²) in [7, 11) is 3.58. The van der Waals surface area contributed by atoms with Crippen LogP contribution in [0.15, 0.2) is 16.9 Å². The molecule has 0 amide bonds. The van der Waals surface area contributed by atoms with Crippen molar-refractivity contribution in [1.82, 2.24) is 9.13 Å². The van der Waals surface area contributed by atoms with Crippen LogP contribution in [0.2, 0.25) is 0 Å². The van der Waals surface area contributed by atoms with Crippen LogP contribution in [0.1, 0.15) is 6.92 Å². The van der Waals surface area contributed by atoms with Gasteiger partial charge in [0.15, 0.2) is 0 Å². The van der Waals surface area contributed by atoms with E-state index in [1.165, 1.54) is 0 Å². The maximum Gasteiger partial charge on any atom is 0.328 e. The molecule has 0 bridgehead atoms. The molecule has 6 heteroatoms. The van der Waals surface area contributed by atoms with E-state index >= 15 is 0 Å². The number of aryl methyl sites for hydroxylation is 2. The van der Waals surface area contributed by atoms with E-state index < -0.39 is 0 Å². The first-order valence-corrected chi connectivity index (χ1v) is 6.80. The van der Waals surface area contributed by atoms with Gasteiger partial charge in [0.05, 0.1) is 29.9 Å². The third kappa shape index (κ3) is 1.79. The third-order valence-corrected chi connectivity index (χ3v) is 4.04. The Bertz CT molecular complexity index is 716. The monoisotopic (exact) mass is 276 g/mol. The van der Waals surface area contributed by atoms with E-state index in [2.05, 4.69) is 11.8 Å². The fourth-order valence-electron chi connectivity index (χ4n) is 2.95. The van der Waals surface area contributed by atoms with Crippen LogP contribution in [-0.4, -0.2) is 34.9 Å². The van der Waals surface area contributed by atoms with Gasteiger partial charge in [0.25, 0.3) is 0 Å². The molecule has 1 aromatic carbocycles. The largest absolute Gasteiger partial charge is 0.399 e. The van der Waals surface area contributed by atoms with Gasteiger partial charge in [-0.3, -0.25) is 9.13 Å². The van der Waals surface area contributed by atoms with Gasteiger partial charge in [0.2, 0.25) is 0 Å². The molecule has 2 N–H and O–H groups in total. The maximum absolute atomic E-state index is 12.2. The first-order chi connectivity index (χ1) is 9.50. The summed E-state index contributed by atoms with van der Waals surface area (Å²) in [6.07, 6.45) is 0. The Labute approximate surface area is 117 Å². The van der Waals surface area contributed by atoms with Crippen molar-refractivity contribution < 1.29 is 4.74 Å². The zero-order valence-electron chi connectivity index (χ0n) is 12.1. The van der Waals surface area contributed by atoms with Crippen molar-refractivity contribution in [2.45, 2.75) is 13.0 Å². The normalized spacial score (nSPS) is 19.8. The van der Waals surface area contributed by atoms with E-state index in [1.54, 1.807) is 23.2 Å². The van der Waals surface area contributed by atoms with Gasteiger partial charge in [-0.05, 0) is 19.1 Å². The fourth-order valence-corrected chi connectivity index (χ4v) is 2.95. The van der Waals surface area contributed by atoms with Gasteiger partial charge < -0.3 is 15.4 Å². The number of fused-ring (bicyclic) bond motifs is 1. The minimum atomic E-state index is -0.0345. The third-order valence-electron chi connectivity index (χ3n) is 4.04. The lowest BCUT2D eigenvalue weighted by Crippen LogP contribution is -2.44. The Morgan fingerprint density at radius 2 is 2.05 bits per heavy atom. The Hall–Kier alpha value is -1.95. The molecule has 0 saturated carbocycles. The zero-order chi connectivity index (χ0) is 14.4. The SMILES string of the molecule is C[C@@H]1COCCN1c1cc(N)cc2c1n(C)c(=O)n2C. The first kappa shape index (κ1) is 13.1. The fraction of sp³-hybridized carbons (Fsp3) is 0.500. The number of nitrogens with zero attached hydrogens (tertiary/aromatic N) is 3. The van der Waals surface area contributed by atoms with E-state index in [0.29, 0.717) is 18.9 Å². The molecule has 1 aliphatic heterocycles. The minimum absolute atomic E-state index is 0.0345. The minimum Gasteiger partial charge on any atom is -0.399 e. The van der Waals surface area contributed by atoms with E-state index in [1.807, 2.05) is 12.1 Å². The number of nitrogen functional groups attached to an aromatic ring is 1. The summed E-state index contributed by atoms with van der Waals surface area (Å²) >= 11 is 0. The number of rotatable bonds is 1. The number of imidazole rings is 1. The van der Waals surface area contributed by atoms with Crippen molar-refractivity contribution in [3.8, 4) is 0 Å². The summed E-state index contributed by atoms with van der Waals surface area (Å²) in [5.74, 6) is 0. The quantitative estimate of drug-likeness (QED) is 0.778. The van der Waals surface area contributed by atoms with Crippen LogP contribution in [-0.2, 0) is 18.8 Å². The van der Waals surface area contributed by atoms with Crippen molar-refractivity contribution in [2.24, 2.45) is 14.1 Å². The Kier molecular flexibility index (Phi) is 2.97. The Morgan fingerprint density at radius 3 is 2.75 bits per heavy atom. The number of benzene rings is 1. The Morgan fingerprint density at radius 1 is 1.30 bits per heavy atom. The van der Waals surface area contributed by atoms with Gasteiger partial charge in [-0.15, -0.1) is 0 Å². The lowest BCUT2D eigenvalue weighted by Gasteiger charge is -2.35. The zero-order valence-corrected chi connectivity index (χ0v) is 12.1. The highest BCUT2D eigenvalue weighted by Crippen LogP contribution is 2.31. The lowest BCUT2D eigenvalue weighted by atomic mass is 10.1. The maximum atomic E-state index is 12.2. The standard InChI is InChI=1S/C14H20N4O2/c1-9-8-20-5-4-18(9)12-7-10(15)6-11-13(12)17(3)14(19)16(11)2/h6-7,9H,4-5,8,15H2,1-3H3/t9-/m1/s1. The number of ether oxygens (including phenoxy) is 1. The molecule has 1 aliphatic rings. The van der Waals surface area contributed by atoms with Crippen LogP contribution in [0.5, 0.6) is 0 Å². The molecule has 1 atom stereocenters. The van der Waals surface area contributed by atoms with Crippen molar-refractivity contribution in [2.75, 3.05) is 30.4 Å². The second kappa shape index (κ2) is 4.56. The summed E-state index contributed by atoms with van der Waals surface area (Å²) in [5, 5.41) is 0. The van der Waals surface area contributed by atoms with Gasteiger partial charge >= 0.3 is 5.69 Å². The van der Waals surface area contributed by atoms with Crippen LogP contribution in [0.25, 0.3) is 11.0 Å². The van der Waals surface area contributed by atoms with Crippen LogP contribution in [0.4, 0.5) is 11.4 Å². The Balaban J connectivity index is 2.29. The molecule has 108 valence electrons. The summed E-state index contributed by atoms with van der Waals surface area (Å²) < 4.78 is 8.81. The molecule has 2 heterocycles. The molecule has 0 spiro atoms. The van der Waals surface area contributed by atoms with E-state index in [9.17, 15) is 4.79 Å². The molecule has 0 aliphatic carbocycles. The second-order valence-corrected chi connectivity index (χ2v) is 5.43. The summed E-state index contributed by atoms with van der Waals surface area (Å²) in [4.78, 5) is 14.4. The van der Waals surface area contributed by atoms with Crippen LogP contribution < -0.4 is 16.3 Å². The van der Waals surface area contributed by atoms with Crippen LogP contribution in [0, 0.1) is 0 Å². The number of morpholine rings is 1. The van der Waals surface area contributed by atoms with Crippen molar-refractivity contribution >= 4 is 22.4 Å². The molecule has 0 unspecified atom stereocenters. The highest BCUT2D eigenvalue weighted by Gasteiger charge is 2.23. The topological polar surface area (TPSA) is 65.4 Å². The first-order valence-electron chi connectivity index (χ1n) is 6.80. The van der Waals surface area contributed by atoms with Crippen molar-refractivity contribution in [1.29, 1.82) is 0 Å². The smallest absolute Gasteiger partial charge is 0.328 e. The number of hydrogen-bond donors (Lipinski definition) is 1. The predicted octanol–water partition coefficient (Wildman–Crippen LogP) is 0.684. The summed E-state index contributed by atoms with van der Waals surface area (Å²) in [5.41, 5.74) is 9.47. The molecule has 3 rings (SSSR count). The molecular weight excluding hydrogens is 256 g/mol. The second-order valence-electron chi connectivity index (χ2n) is 5.43. The molecule has 1 aromatic heterocycles. The van der Waals surface area contributed by atoms with Gasteiger partial charge in [0.1, 0.15) is 0 Å². The van der Waals surface area contributed by atoms with Crippen LogP contribution >= 0.6 is 0 Å². The number of anilines is 2. The average Bonchev–Trinajstić information content (AvgIpc) is 2.64. The molecule has 1 fully saturated rings. The van der Waals surface area contributed by atoms with Gasteiger partial charge in [0, 0.05) is 32.4 Å². The van der Waals surface area contributed by atoms with Gasteiger partial charge in [-0.25, -0.2) is 4.79 Å². The molecule has 1 saturated heterocycles. The molecular formula is C14H20N4O2. The van der Waals surface area contributed by atoms with Crippen LogP contribution in [0.3, 0.4) is 0 Å². The number of aromatic nitrogens is 2. The average molecular weight is 276 g/mol. The summed E-state index contributed by atoms with van der Waals surface area (Å²) in [6, 6.07) is 4.07. The predicted molar refractivity (Wildman–Crippen MR) is 80.2 cm³/mol. The van der Waals surface area contributed by atoms with Crippen molar-refractivity contribution in [3.05, 3.63) is 22.6 Å². The van der Waals surface area contributed by atoms with E-state index in [0.717, 1.165) is 23.3 Å². The highest BCUT2D eigenvalue weighted by atomic mass is 16.5.